The van der Waals surface area contributed by atoms with E-state index in [1.807, 2.05) is 24.3 Å². The molecular formula is C17H14N2O2S2. The van der Waals surface area contributed by atoms with Gasteiger partial charge in [-0.3, -0.25) is 14.2 Å². The van der Waals surface area contributed by atoms with Crippen LogP contribution in [0, 0.1) is 0 Å². The number of nitrogens with zero attached hydrogens (tertiary/aromatic N) is 2. The van der Waals surface area contributed by atoms with Crippen molar-refractivity contribution in [1.82, 2.24) is 4.57 Å². The van der Waals surface area contributed by atoms with Gasteiger partial charge in [0.1, 0.15) is 10.1 Å². The molecule has 1 aromatic heterocycles. The van der Waals surface area contributed by atoms with Gasteiger partial charge in [-0.05, 0) is 23.9 Å². The molecule has 0 unspecified atom stereocenters. The van der Waals surface area contributed by atoms with Gasteiger partial charge in [-0.25, -0.2) is 4.99 Å². The Morgan fingerprint density at radius 2 is 2.22 bits per heavy atom. The molecule has 4 nitrogen and oxygen atoms in total. The molecule has 0 atom stereocenters. The highest BCUT2D eigenvalue weighted by molar-refractivity contribution is 8.45. The van der Waals surface area contributed by atoms with Gasteiger partial charge < -0.3 is 0 Å². The van der Waals surface area contributed by atoms with E-state index in [4.69, 9.17) is 0 Å². The smallest absolute Gasteiger partial charge is 0.244 e. The predicted molar refractivity (Wildman–Crippen MR) is 98.9 cm³/mol. The lowest BCUT2D eigenvalue weighted by Crippen LogP contribution is -2.02. The van der Waals surface area contributed by atoms with Crippen molar-refractivity contribution in [2.24, 2.45) is 4.99 Å². The topological polar surface area (TPSA) is 51.4 Å². The molecule has 0 amide bonds. The molecule has 0 bridgehead atoms. The third kappa shape index (κ3) is 3.18. The fourth-order valence-corrected chi connectivity index (χ4v) is 3.91. The average molecular weight is 342 g/mol. The van der Waals surface area contributed by atoms with Crippen LogP contribution in [0.25, 0.3) is 17.0 Å². The zero-order chi connectivity index (χ0) is 16.4. The first-order valence-electron chi connectivity index (χ1n) is 6.97. The van der Waals surface area contributed by atoms with E-state index in [9.17, 15) is 9.59 Å². The van der Waals surface area contributed by atoms with Crippen molar-refractivity contribution in [2.75, 3.05) is 5.75 Å². The van der Waals surface area contributed by atoms with E-state index in [1.165, 1.54) is 18.7 Å². The Kier molecular flexibility index (Phi) is 4.54. The highest BCUT2D eigenvalue weighted by Gasteiger charge is 2.22. The number of carbonyl (C=O) groups is 2. The van der Waals surface area contributed by atoms with Crippen LogP contribution in [0.4, 0.5) is 0 Å². The quantitative estimate of drug-likeness (QED) is 0.620. The zero-order valence-corrected chi connectivity index (χ0v) is 14.1. The minimum absolute atomic E-state index is 0.0660. The maximum Gasteiger partial charge on any atom is 0.244 e. The molecule has 6 heteroatoms. The Hall–Kier alpha value is -2.05. The lowest BCUT2D eigenvalue weighted by molar-refractivity contribution is -0.107. The van der Waals surface area contributed by atoms with Crippen LogP contribution >= 0.6 is 23.5 Å². The van der Waals surface area contributed by atoms with E-state index in [-0.39, 0.29) is 11.0 Å². The molecule has 1 aromatic carbocycles. The first-order chi connectivity index (χ1) is 11.1. The first-order valence-corrected chi connectivity index (χ1v) is 8.77. The maximum atomic E-state index is 12.1. The van der Waals surface area contributed by atoms with Crippen molar-refractivity contribution in [2.45, 2.75) is 6.92 Å². The van der Waals surface area contributed by atoms with Crippen LogP contribution < -0.4 is 0 Å². The monoisotopic (exact) mass is 342 g/mol. The van der Waals surface area contributed by atoms with Gasteiger partial charge in [-0.1, -0.05) is 36.0 Å². The molecular weight excluding hydrogens is 328 g/mol. The van der Waals surface area contributed by atoms with Crippen LogP contribution in [0.15, 0.2) is 53.8 Å². The summed E-state index contributed by atoms with van der Waals surface area (Å²) in [6.45, 7) is 5.18. The number of fused-ring (bicyclic) bond motifs is 1. The second-order valence-electron chi connectivity index (χ2n) is 4.89. The van der Waals surface area contributed by atoms with Crippen molar-refractivity contribution in [3.05, 3.63) is 54.4 Å². The van der Waals surface area contributed by atoms with Gasteiger partial charge in [0, 0.05) is 29.8 Å². The lowest BCUT2D eigenvalue weighted by Gasteiger charge is -1.96. The highest BCUT2D eigenvalue weighted by atomic mass is 32.2. The van der Waals surface area contributed by atoms with Crippen molar-refractivity contribution < 1.29 is 9.59 Å². The van der Waals surface area contributed by atoms with Crippen LogP contribution in [-0.4, -0.2) is 25.7 Å². The van der Waals surface area contributed by atoms with E-state index in [1.54, 1.807) is 22.9 Å². The normalized spacial score (nSPS) is 16.1. The molecule has 3 rings (SSSR count). The molecule has 0 N–H and O–H groups in total. The van der Waals surface area contributed by atoms with Crippen LogP contribution in [0.5, 0.6) is 0 Å². The summed E-state index contributed by atoms with van der Waals surface area (Å²) in [4.78, 5) is 28.2. The fourth-order valence-electron chi connectivity index (χ4n) is 2.31. The molecule has 116 valence electrons. The molecule has 0 aliphatic carbocycles. The van der Waals surface area contributed by atoms with E-state index < -0.39 is 0 Å². The summed E-state index contributed by atoms with van der Waals surface area (Å²) < 4.78 is 2.32. The molecule has 0 spiro atoms. The lowest BCUT2D eigenvalue weighted by atomic mass is 10.1. The van der Waals surface area contributed by atoms with E-state index in [0.29, 0.717) is 5.70 Å². The number of carbonyl (C=O) groups excluding carboxylic acids is 2. The minimum atomic E-state index is -0.0729. The molecule has 0 saturated carbocycles. The van der Waals surface area contributed by atoms with Gasteiger partial charge in [0.15, 0.2) is 0 Å². The number of para-hydroxylation sites is 1. The Morgan fingerprint density at radius 3 is 2.96 bits per heavy atom. The van der Waals surface area contributed by atoms with Gasteiger partial charge in [-0.15, -0.1) is 6.58 Å². The summed E-state index contributed by atoms with van der Waals surface area (Å²) in [6.07, 6.45) is 5.28. The number of hydrogen-bond acceptors (Lipinski definition) is 5. The summed E-state index contributed by atoms with van der Waals surface area (Å²) in [5.41, 5.74) is 2.06. The SMILES string of the molecule is C=CCSC1=NC(=Cc2cn(C(C)=O)c3ccccc23)C(=O)S1. The van der Waals surface area contributed by atoms with Gasteiger partial charge in [0.05, 0.1) is 5.52 Å². The van der Waals surface area contributed by atoms with Crippen molar-refractivity contribution in [3.8, 4) is 0 Å². The third-order valence-electron chi connectivity index (χ3n) is 3.30. The van der Waals surface area contributed by atoms with E-state index in [2.05, 4.69) is 11.6 Å². The zero-order valence-electron chi connectivity index (χ0n) is 12.5. The number of thioether (sulfide) groups is 2. The Labute approximate surface area is 142 Å². The molecule has 2 aromatic rings. The fraction of sp³-hybridized carbons (Fsp3) is 0.118. The molecule has 2 heterocycles. The summed E-state index contributed by atoms with van der Waals surface area (Å²) in [5, 5.41) is 0.853. The third-order valence-corrected chi connectivity index (χ3v) is 5.30. The van der Waals surface area contributed by atoms with Crippen LogP contribution in [0.1, 0.15) is 17.3 Å². The van der Waals surface area contributed by atoms with E-state index in [0.717, 1.165) is 38.4 Å². The summed E-state index contributed by atoms with van der Waals surface area (Å²) in [7, 11) is 0. The summed E-state index contributed by atoms with van der Waals surface area (Å²) in [5.74, 6) is 0.652. The van der Waals surface area contributed by atoms with Crippen molar-refractivity contribution in [1.29, 1.82) is 0 Å². The van der Waals surface area contributed by atoms with Crippen molar-refractivity contribution in [3.63, 3.8) is 0 Å². The minimum Gasteiger partial charge on any atom is -0.287 e. The average Bonchev–Trinajstić information content (AvgIpc) is 3.07. The van der Waals surface area contributed by atoms with Gasteiger partial charge in [0.25, 0.3) is 0 Å². The molecule has 0 radical (unpaired) electrons. The van der Waals surface area contributed by atoms with Crippen LogP contribution in [0.3, 0.4) is 0 Å². The number of hydrogen-bond donors (Lipinski definition) is 0. The van der Waals surface area contributed by atoms with Gasteiger partial charge in [-0.2, -0.15) is 0 Å². The van der Waals surface area contributed by atoms with Gasteiger partial charge in [0.2, 0.25) is 11.0 Å². The standard InChI is InChI=1S/C17H14N2O2S2/c1-3-8-22-17-18-14(16(21)23-17)9-12-10-19(11(2)20)15-7-5-4-6-13(12)15/h3-7,9-10H,1,8H2,2H3. The Balaban J connectivity index is 2.04. The Bertz CT molecular complexity index is 878. The molecule has 1 aliphatic rings. The van der Waals surface area contributed by atoms with E-state index >= 15 is 0 Å². The largest absolute Gasteiger partial charge is 0.287 e. The molecule has 1 aliphatic heterocycles. The van der Waals surface area contributed by atoms with Crippen molar-refractivity contribution >= 4 is 55.9 Å². The van der Waals surface area contributed by atoms with Gasteiger partial charge >= 0.3 is 0 Å². The second-order valence-corrected chi connectivity index (χ2v) is 7.12. The number of aromatic nitrogens is 1. The maximum absolute atomic E-state index is 12.1. The summed E-state index contributed by atoms with van der Waals surface area (Å²) in [6, 6.07) is 7.62. The first kappa shape index (κ1) is 15.8. The summed E-state index contributed by atoms with van der Waals surface area (Å²) >= 11 is 2.63. The van der Waals surface area contributed by atoms with Crippen LogP contribution in [0.2, 0.25) is 0 Å². The Morgan fingerprint density at radius 1 is 1.43 bits per heavy atom. The van der Waals surface area contributed by atoms with Crippen LogP contribution in [-0.2, 0) is 4.79 Å². The number of benzene rings is 1. The molecule has 0 saturated heterocycles. The molecule has 23 heavy (non-hydrogen) atoms. The number of aliphatic imine (C=N–C) groups is 1. The molecule has 0 fully saturated rings. The number of rotatable bonds is 3. The predicted octanol–water partition coefficient (Wildman–Crippen LogP) is 4.19. The highest BCUT2D eigenvalue weighted by Crippen LogP contribution is 2.32. The second kappa shape index (κ2) is 6.60.